The average molecular weight is 521 g/mol. The summed E-state index contributed by atoms with van der Waals surface area (Å²) in [5.41, 5.74) is 2.17. The standard InChI is InChI=1S/C22H33N5O3S.2ClH/c1-22(2,24-17-21(28)19-5-4-10-23-16-19)15-18-6-8-20(9-7-18)25-31(29,30)27-13-11-26(3)12-14-27;;/h4-10,16,21,24-25,28H,11-15,17H2,1-3H3;2*1H/t21-;;/m0../s1. The van der Waals surface area contributed by atoms with Gasteiger partial charge in [-0.1, -0.05) is 18.2 Å². The molecule has 1 aliphatic heterocycles. The Morgan fingerprint density at radius 2 is 1.73 bits per heavy atom. The number of pyridine rings is 1. The first-order valence-electron chi connectivity index (χ1n) is 10.5. The fraction of sp³-hybridized carbons (Fsp3) is 0.500. The van der Waals surface area contributed by atoms with E-state index in [2.05, 4.69) is 33.8 Å². The maximum Gasteiger partial charge on any atom is 0.301 e. The van der Waals surface area contributed by atoms with Crippen LogP contribution >= 0.6 is 24.8 Å². The van der Waals surface area contributed by atoms with E-state index in [1.807, 2.05) is 31.3 Å². The predicted octanol–water partition coefficient (Wildman–Crippen LogP) is 2.47. The van der Waals surface area contributed by atoms with Gasteiger partial charge in [0.2, 0.25) is 0 Å². The van der Waals surface area contributed by atoms with Crippen molar-refractivity contribution in [3.8, 4) is 0 Å². The third-order valence-electron chi connectivity index (χ3n) is 5.49. The van der Waals surface area contributed by atoms with E-state index in [-0.39, 0.29) is 30.4 Å². The largest absolute Gasteiger partial charge is 0.387 e. The predicted molar refractivity (Wildman–Crippen MR) is 138 cm³/mol. The molecule has 0 amide bonds. The normalized spacial score (nSPS) is 16.4. The van der Waals surface area contributed by atoms with Crippen molar-refractivity contribution in [2.45, 2.75) is 31.9 Å². The molecule has 33 heavy (non-hydrogen) atoms. The summed E-state index contributed by atoms with van der Waals surface area (Å²) in [6.45, 7) is 7.03. The van der Waals surface area contributed by atoms with Crippen LogP contribution in [0.1, 0.15) is 31.1 Å². The molecular weight excluding hydrogens is 485 g/mol. The van der Waals surface area contributed by atoms with Crippen LogP contribution in [-0.4, -0.2) is 73.0 Å². The lowest BCUT2D eigenvalue weighted by Gasteiger charge is -2.31. The van der Waals surface area contributed by atoms with E-state index >= 15 is 0 Å². The highest BCUT2D eigenvalue weighted by molar-refractivity contribution is 7.90. The summed E-state index contributed by atoms with van der Waals surface area (Å²) in [5.74, 6) is 0. The van der Waals surface area contributed by atoms with Gasteiger partial charge in [0.1, 0.15) is 0 Å². The molecular formula is C22H35Cl2N5O3S. The number of benzene rings is 1. The fourth-order valence-electron chi connectivity index (χ4n) is 3.57. The van der Waals surface area contributed by atoms with Crippen molar-refractivity contribution in [2.24, 2.45) is 0 Å². The van der Waals surface area contributed by atoms with Crippen molar-refractivity contribution in [3.05, 3.63) is 59.9 Å². The first kappa shape index (κ1) is 29.6. The molecule has 3 rings (SSSR count). The second-order valence-electron chi connectivity index (χ2n) is 8.75. The number of nitrogens with one attached hydrogen (secondary N) is 2. The number of rotatable bonds is 9. The summed E-state index contributed by atoms with van der Waals surface area (Å²) in [7, 11) is -1.55. The lowest BCUT2D eigenvalue weighted by Crippen LogP contribution is -2.48. The molecule has 1 aliphatic rings. The molecule has 2 heterocycles. The van der Waals surface area contributed by atoms with Crippen LogP contribution in [0.2, 0.25) is 0 Å². The van der Waals surface area contributed by atoms with Crippen molar-refractivity contribution < 1.29 is 13.5 Å². The van der Waals surface area contributed by atoms with Crippen LogP contribution in [-0.2, 0) is 16.6 Å². The number of aliphatic hydroxyl groups is 1. The zero-order chi connectivity index (χ0) is 22.5. The number of nitrogens with zero attached hydrogens (tertiary/aromatic N) is 3. The number of hydrogen-bond donors (Lipinski definition) is 3. The maximum absolute atomic E-state index is 12.6. The Labute approximate surface area is 209 Å². The SMILES string of the molecule is CN1CCN(S(=O)(=O)Nc2ccc(CC(C)(C)NC[C@H](O)c3cccnc3)cc2)CC1.Cl.Cl. The minimum atomic E-state index is -3.54. The molecule has 2 aromatic rings. The molecule has 1 aromatic heterocycles. The van der Waals surface area contributed by atoms with E-state index in [0.717, 1.165) is 30.6 Å². The monoisotopic (exact) mass is 519 g/mol. The number of hydrogen-bond acceptors (Lipinski definition) is 6. The molecule has 1 atom stereocenters. The molecule has 186 valence electrons. The third kappa shape index (κ3) is 9.01. The van der Waals surface area contributed by atoms with Crippen LogP contribution in [0.4, 0.5) is 5.69 Å². The highest BCUT2D eigenvalue weighted by atomic mass is 35.5. The van der Waals surface area contributed by atoms with Gasteiger partial charge in [0.05, 0.1) is 6.10 Å². The molecule has 1 fully saturated rings. The maximum atomic E-state index is 12.6. The van der Waals surface area contributed by atoms with E-state index in [1.165, 1.54) is 4.31 Å². The van der Waals surface area contributed by atoms with E-state index < -0.39 is 16.3 Å². The Balaban J connectivity index is 0.00000272. The van der Waals surface area contributed by atoms with Crippen LogP contribution in [0.3, 0.4) is 0 Å². The van der Waals surface area contributed by atoms with E-state index in [0.29, 0.717) is 25.3 Å². The number of aliphatic hydroxyl groups excluding tert-OH is 1. The van der Waals surface area contributed by atoms with Gasteiger partial charge in [-0.3, -0.25) is 9.71 Å². The van der Waals surface area contributed by atoms with Crippen molar-refractivity contribution in [2.75, 3.05) is 44.5 Å². The van der Waals surface area contributed by atoms with Gasteiger partial charge < -0.3 is 15.3 Å². The van der Waals surface area contributed by atoms with Gasteiger partial charge in [-0.25, -0.2) is 0 Å². The third-order valence-corrected chi connectivity index (χ3v) is 7.03. The summed E-state index contributed by atoms with van der Waals surface area (Å²) in [5, 5.41) is 13.7. The Kier molecular flexibility index (Phi) is 11.5. The number of halogens is 2. The van der Waals surface area contributed by atoms with Gasteiger partial charge >= 0.3 is 10.2 Å². The van der Waals surface area contributed by atoms with Crippen molar-refractivity contribution in [3.63, 3.8) is 0 Å². The molecule has 8 nitrogen and oxygen atoms in total. The highest BCUT2D eigenvalue weighted by Crippen LogP contribution is 2.19. The van der Waals surface area contributed by atoms with E-state index in [9.17, 15) is 13.5 Å². The van der Waals surface area contributed by atoms with Gasteiger partial charge in [0.25, 0.3) is 0 Å². The minimum absolute atomic E-state index is 0. The minimum Gasteiger partial charge on any atom is -0.387 e. The summed E-state index contributed by atoms with van der Waals surface area (Å²) in [4.78, 5) is 6.16. The molecule has 0 radical (unpaired) electrons. The smallest absolute Gasteiger partial charge is 0.301 e. The number of anilines is 1. The summed E-state index contributed by atoms with van der Waals surface area (Å²) >= 11 is 0. The van der Waals surface area contributed by atoms with Crippen LogP contribution in [0, 0.1) is 0 Å². The fourth-order valence-corrected chi connectivity index (χ4v) is 4.78. The molecule has 0 unspecified atom stereocenters. The van der Waals surface area contributed by atoms with Crippen molar-refractivity contribution in [1.29, 1.82) is 0 Å². The Morgan fingerprint density at radius 3 is 2.30 bits per heavy atom. The average Bonchev–Trinajstić information content (AvgIpc) is 2.74. The van der Waals surface area contributed by atoms with Gasteiger partial charge in [0, 0.05) is 61.9 Å². The second-order valence-corrected chi connectivity index (χ2v) is 10.4. The number of likely N-dealkylation sites (N-methyl/N-ethyl adjacent to an activating group) is 1. The number of piperazine rings is 1. The molecule has 3 N–H and O–H groups in total. The number of aromatic nitrogens is 1. The molecule has 1 aromatic carbocycles. The van der Waals surface area contributed by atoms with Gasteiger partial charge in [-0.15, -0.1) is 24.8 Å². The van der Waals surface area contributed by atoms with Crippen LogP contribution in [0.5, 0.6) is 0 Å². The van der Waals surface area contributed by atoms with Crippen molar-refractivity contribution in [1.82, 2.24) is 19.5 Å². The lowest BCUT2D eigenvalue weighted by molar-refractivity contribution is 0.160. The highest BCUT2D eigenvalue weighted by Gasteiger charge is 2.25. The van der Waals surface area contributed by atoms with Gasteiger partial charge in [0.15, 0.2) is 0 Å². The topological polar surface area (TPSA) is 97.8 Å². The molecule has 0 spiro atoms. The lowest BCUT2D eigenvalue weighted by atomic mass is 9.94. The molecule has 0 aliphatic carbocycles. The van der Waals surface area contributed by atoms with E-state index in [1.54, 1.807) is 24.5 Å². The van der Waals surface area contributed by atoms with Gasteiger partial charge in [-0.05, 0) is 51.1 Å². The van der Waals surface area contributed by atoms with Crippen molar-refractivity contribution >= 4 is 40.7 Å². The molecule has 0 saturated carbocycles. The molecule has 11 heteroatoms. The molecule has 1 saturated heterocycles. The van der Waals surface area contributed by atoms with Crippen LogP contribution in [0.15, 0.2) is 48.8 Å². The zero-order valence-electron chi connectivity index (χ0n) is 19.3. The first-order chi connectivity index (χ1) is 14.6. The quantitative estimate of drug-likeness (QED) is 0.470. The Hall–Kier alpha value is -1.46. The first-order valence-corrected chi connectivity index (χ1v) is 12.0. The number of β-amino-alcohol motifs (C(OH)–C–C–N with tert-alkyl or cyclic N) is 1. The second kappa shape index (κ2) is 12.9. The Bertz CT molecular complexity index is 938. The summed E-state index contributed by atoms with van der Waals surface area (Å²) in [6.07, 6.45) is 3.46. The Morgan fingerprint density at radius 1 is 1.09 bits per heavy atom. The summed E-state index contributed by atoms with van der Waals surface area (Å²) in [6, 6.07) is 11.1. The summed E-state index contributed by atoms with van der Waals surface area (Å²) < 4.78 is 29.4. The van der Waals surface area contributed by atoms with Crippen LogP contribution in [0.25, 0.3) is 0 Å². The van der Waals surface area contributed by atoms with Crippen LogP contribution < -0.4 is 10.0 Å². The zero-order valence-corrected chi connectivity index (χ0v) is 21.7. The molecule has 0 bridgehead atoms. The van der Waals surface area contributed by atoms with E-state index in [4.69, 9.17) is 0 Å². The van der Waals surface area contributed by atoms with Gasteiger partial charge in [-0.2, -0.15) is 12.7 Å².